The Morgan fingerprint density at radius 3 is 2.56 bits per heavy atom. The molecular formula is C22H22N4O. The second-order valence-electron chi connectivity index (χ2n) is 7.61. The number of aromatic nitrogens is 3. The average molecular weight is 358 g/mol. The van der Waals surface area contributed by atoms with Crippen LogP contribution < -0.4 is 0 Å². The van der Waals surface area contributed by atoms with Crippen molar-refractivity contribution in [3.05, 3.63) is 65.7 Å². The van der Waals surface area contributed by atoms with Gasteiger partial charge in [0.05, 0.1) is 0 Å². The fraction of sp³-hybridized carbons (Fsp3) is 0.364. The molecule has 1 aliphatic heterocycles. The van der Waals surface area contributed by atoms with E-state index < -0.39 is 0 Å². The van der Waals surface area contributed by atoms with Crippen LogP contribution in [0.2, 0.25) is 0 Å². The van der Waals surface area contributed by atoms with Gasteiger partial charge in [0.1, 0.15) is 5.69 Å². The lowest BCUT2D eigenvalue weighted by molar-refractivity contribution is 0.0706. The van der Waals surface area contributed by atoms with Crippen molar-refractivity contribution in [1.29, 1.82) is 0 Å². The van der Waals surface area contributed by atoms with Gasteiger partial charge in [0, 0.05) is 42.5 Å². The molecule has 4 heterocycles. The minimum atomic E-state index is 0.0230. The molecular weight excluding hydrogens is 336 g/mol. The van der Waals surface area contributed by atoms with E-state index in [1.54, 1.807) is 12.3 Å². The third kappa shape index (κ3) is 3.29. The van der Waals surface area contributed by atoms with Gasteiger partial charge in [-0.1, -0.05) is 6.07 Å². The molecule has 5 nitrogen and oxygen atoms in total. The van der Waals surface area contributed by atoms with Crippen molar-refractivity contribution in [2.75, 3.05) is 13.1 Å². The summed E-state index contributed by atoms with van der Waals surface area (Å²) < 4.78 is 0. The van der Waals surface area contributed by atoms with Gasteiger partial charge in [-0.3, -0.25) is 9.78 Å². The summed E-state index contributed by atoms with van der Waals surface area (Å²) in [5, 5.41) is 1.13. The van der Waals surface area contributed by atoms with Gasteiger partial charge in [-0.2, -0.15) is 0 Å². The zero-order valence-corrected chi connectivity index (χ0v) is 15.2. The van der Waals surface area contributed by atoms with Crippen LogP contribution in [0.5, 0.6) is 0 Å². The number of likely N-dealkylation sites (tertiary alicyclic amines) is 1. The zero-order valence-electron chi connectivity index (χ0n) is 15.2. The largest absolute Gasteiger partial charge is 0.337 e. The smallest absolute Gasteiger partial charge is 0.272 e. The second kappa shape index (κ2) is 6.72. The molecule has 3 aromatic heterocycles. The molecule has 136 valence electrons. The number of rotatable bonds is 3. The molecule has 0 radical (unpaired) electrons. The highest BCUT2D eigenvalue weighted by Crippen LogP contribution is 2.40. The Bertz CT molecular complexity index is 976. The number of carbonyl (C=O) groups is 1. The van der Waals surface area contributed by atoms with Crippen molar-refractivity contribution in [1.82, 2.24) is 19.9 Å². The minimum absolute atomic E-state index is 0.0230. The van der Waals surface area contributed by atoms with E-state index in [0.29, 0.717) is 17.5 Å². The summed E-state index contributed by atoms with van der Waals surface area (Å²) in [5.41, 5.74) is 3.80. The van der Waals surface area contributed by atoms with E-state index in [-0.39, 0.29) is 5.91 Å². The summed E-state index contributed by atoms with van der Waals surface area (Å²) in [6, 6.07) is 12.0. The summed E-state index contributed by atoms with van der Waals surface area (Å²) in [4.78, 5) is 28.0. The fourth-order valence-corrected chi connectivity index (χ4v) is 3.94. The van der Waals surface area contributed by atoms with Crippen LogP contribution in [0.25, 0.3) is 11.0 Å². The Morgan fingerprint density at radius 2 is 1.81 bits per heavy atom. The maximum atomic E-state index is 12.5. The molecule has 3 aromatic rings. The number of hydrogen-bond acceptors (Lipinski definition) is 4. The van der Waals surface area contributed by atoms with E-state index >= 15 is 0 Å². The van der Waals surface area contributed by atoms with Gasteiger partial charge in [0.2, 0.25) is 0 Å². The molecule has 27 heavy (non-hydrogen) atoms. The van der Waals surface area contributed by atoms with Crippen LogP contribution in [0.4, 0.5) is 0 Å². The third-order valence-corrected chi connectivity index (χ3v) is 5.72. The SMILES string of the molecule is O=C(c1ccccn1)N1CCC(c2ccc3cc(C4CC4)cnc3n2)CC1. The average Bonchev–Trinajstić information content (AvgIpc) is 3.59. The van der Waals surface area contributed by atoms with E-state index in [2.05, 4.69) is 28.2 Å². The highest BCUT2D eigenvalue weighted by Gasteiger charge is 2.27. The molecule has 1 aliphatic carbocycles. The maximum absolute atomic E-state index is 12.5. The van der Waals surface area contributed by atoms with Gasteiger partial charge in [-0.05, 0) is 67.5 Å². The molecule has 5 heteroatoms. The predicted molar refractivity (Wildman–Crippen MR) is 104 cm³/mol. The number of nitrogens with zero attached hydrogens (tertiary/aromatic N) is 4. The molecule has 1 saturated heterocycles. The molecule has 5 rings (SSSR count). The highest BCUT2D eigenvalue weighted by molar-refractivity contribution is 5.92. The van der Waals surface area contributed by atoms with E-state index in [4.69, 9.17) is 4.98 Å². The lowest BCUT2D eigenvalue weighted by Crippen LogP contribution is -2.38. The van der Waals surface area contributed by atoms with Gasteiger partial charge >= 0.3 is 0 Å². The Morgan fingerprint density at radius 1 is 0.963 bits per heavy atom. The maximum Gasteiger partial charge on any atom is 0.272 e. The summed E-state index contributed by atoms with van der Waals surface area (Å²) in [5.74, 6) is 1.12. The number of fused-ring (bicyclic) bond motifs is 1. The van der Waals surface area contributed by atoms with Crippen molar-refractivity contribution in [2.24, 2.45) is 0 Å². The van der Waals surface area contributed by atoms with Gasteiger partial charge in [-0.25, -0.2) is 9.97 Å². The van der Waals surface area contributed by atoms with Crippen LogP contribution in [-0.2, 0) is 0 Å². The standard InChI is InChI=1S/C22H22N4O/c27-22(20-3-1-2-10-23-20)26-11-8-16(9-12-26)19-7-6-17-13-18(15-4-5-15)14-24-21(17)25-19/h1-3,6-7,10,13-16H,4-5,8-9,11-12H2. The van der Waals surface area contributed by atoms with Crippen LogP contribution in [0.3, 0.4) is 0 Å². The van der Waals surface area contributed by atoms with Crippen molar-refractivity contribution in [3.63, 3.8) is 0 Å². The first kappa shape index (κ1) is 16.4. The van der Waals surface area contributed by atoms with Crippen molar-refractivity contribution < 1.29 is 4.79 Å². The molecule has 0 atom stereocenters. The number of carbonyl (C=O) groups excluding carboxylic acids is 1. The normalized spacial score (nSPS) is 18.0. The Kier molecular flexibility index (Phi) is 4.07. The third-order valence-electron chi connectivity index (χ3n) is 5.72. The monoisotopic (exact) mass is 358 g/mol. The first-order valence-electron chi connectivity index (χ1n) is 9.75. The Labute approximate surface area is 158 Å². The molecule has 2 fully saturated rings. The van der Waals surface area contributed by atoms with Gasteiger partial charge < -0.3 is 4.90 Å². The summed E-state index contributed by atoms with van der Waals surface area (Å²) >= 11 is 0. The van der Waals surface area contributed by atoms with Gasteiger partial charge in [-0.15, -0.1) is 0 Å². The van der Waals surface area contributed by atoms with Gasteiger partial charge in [0.15, 0.2) is 5.65 Å². The number of piperidine rings is 1. The predicted octanol–water partition coefficient (Wildman–Crippen LogP) is 3.92. The Hall–Kier alpha value is -2.82. The number of amides is 1. The molecule has 1 saturated carbocycles. The first-order valence-corrected chi connectivity index (χ1v) is 9.75. The van der Waals surface area contributed by atoms with Crippen LogP contribution in [0.1, 0.15) is 59.3 Å². The number of pyridine rings is 3. The minimum Gasteiger partial charge on any atom is -0.337 e. The van der Waals surface area contributed by atoms with Crippen molar-refractivity contribution >= 4 is 16.9 Å². The van der Waals surface area contributed by atoms with Crippen LogP contribution in [-0.4, -0.2) is 38.8 Å². The Balaban J connectivity index is 1.29. The highest BCUT2D eigenvalue weighted by atomic mass is 16.2. The molecule has 0 N–H and O–H groups in total. The zero-order chi connectivity index (χ0) is 18.2. The lowest BCUT2D eigenvalue weighted by atomic mass is 9.92. The summed E-state index contributed by atoms with van der Waals surface area (Å²) in [6.45, 7) is 1.49. The summed E-state index contributed by atoms with van der Waals surface area (Å²) in [6.07, 6.45) is 8.09. The quantitative estimate of drug-likeness (QED) is 0.712. The molecule has 0 aromatic carbocycles. The van der Waals surface area contributed by atoms with Gasteiger partial charge in [0.25, 0.3) is 5.91 Å². The van der Waals surface area contributed by atoms with Crippen LogP contribution in [0.15, 0.2) is 48.8 Å². The fourth-order valence-electron chi connectivity index (χ4n) is 3.94. The van der Waals surface area contributed by atoms with E-state index in [1.165, 1.54) is 18.4 Å². The van der Waals surface area contributed by atoms with Crippen molar-refractivity contribution in [2.45, 2.75) is 37.5 Å². The molecule has 0 unspecified atom stereocenters. The molecule has 2 aliphatic rings. The molecule has 0 spiro atoms. The topological polar surface area (TPSA) is 59.0 Å². The van der Waals surface area contributed by atoms with Crippen molar-refractivity contribution in [3.8, 4) is 0 Å². The molecule has 1 amide bonds. The van der Waals surface area contributed by atoms with Crippen LogP contribution in [0, 0.1) is 0 Å². The molecule has 0 bridgehead atoms. The number of hydrogen-bond donors (Lipinski definition) is 0. The van der Waals surface area contributed by atoms with E-state index in [1.807, 2.05) is 23.2 Å². The van der Waals surface area contributed by atoms with E-state index in [9.17, 15) is 4.79 Å². The van der Waals surface area contributed by atoms with Crippen LogP contribution >= 0.6 is 0 Å². The second-order valence-corrected chi connectivity index (χ2v) is 7.61. The lowest BCUT2D eigenvalue weighted by Gasteiger charge is -2.31. The summed E-state index contributed by atoms with van der Waals surface area (Å²) in [7, 11) is 0. The first-order chi connectivity index (χ1) is 13.3. The van der Waals surface area contributed by atoms with E-state index in [0.717, 1.165) is 42.7 Å².